The lowest BCUT2D eigenvalue weighted by Gasteiger charge is -2.26. The molecule has 6 heteroatoms. The Balaban J connectivity index is 2.57. The molecule has 0 aliphatic heterocycles. The second kappa shape index (κ2) is 9.05. The van der Waals surface area contributed by atoms with E-state index in [-0.39, 0.29) is 24.5 Å². The predicted octanol–water partition coefficient (Wildman–Crippen LogP) is 2.51. The maximum Gasteiger partial charge on any atom is 0.331 e. The van der Waals surface area contributed by atoms with E-state index in [9.17, 15) is 14.4 Å². The van der Waals surface area contributed by atoms with Crippen LogP contribution in [0, 0.1) is 0 Å². The molecule has 1 rings (SSSR count). The van der Waals surface area contributed by atoms with Gasteiger partial charge in [-0.05, 0) is 44.5 Å². The highest BCUT2D eigenvalue weighted by atomic mass is 16.5. The average molecular weight is 335 g/mol. The van der Waals surface area contributed by atoms with Crippen LogP contribution in [0.1, 0.15) is 50.4 Å². The van der Waals surface area contributed by atoms with Gasteiger partial charge in [0.1, 0.15) is 11.3 Å². The Kier molecular flexibility index (Phi) is 7.42. The Morgan fingerprint density at radius 1 is 1.08 bits per heavy atom. The molecule has 0 spiro atoms. The van der Waals surface area contributed by atoms with Gasteiger partial charge in [0.25, 0.3) is 0 Å². The van der Waals surface area contributed by atoms with E-state index < -0.39 is 11.5 Å². The average Bonchev–Trinajstić information content (AvgIpc) is 2.59. The van der Waals surface area contributed by atoms with Crippen LogP contribution in [-0.2, 0) is 14.3 Å². The maximum absolute atomic E-state index is 12.1. The molecule has 0 aliphatic carbocycles. The van der Waals surface area contributed by atoms with Gasteiger partial charge in [-0.3, -0.25) is 9.59 Å². The van der Waals surface area contributed by atoms with E-state index in [1.165, 1.54) is 7.11 Å². The molecule has 0 radical (unpaired) electrons. The number of nitrogens with one attached hydrogen (secondary N) is 1. The second-order valence-corrected chi connectivity index (χ2v) is 5.61. The molecule has 6 nitrogen and oxygen atoms in total. The van der Waals surface area contributed by atoms with Gasteiger partial charge in [0.05, 0.1) is 13.7 Å². The highest BCUT2D eigenvalue weighted by molar-refractivity contribution is 5.98. The van der Waals surface area contributed by atoms with Crippen LogP contribution in [0.15, 0.2) is 24.3 Å². The summed E-state index contributed by atoms with van der Waals surface area (Å²) in [5, 5.41) is 2.64. The molecule has 1 amide bonds. The van der Waals surface area contributed by atoms with Crippen LogP contribution >= 0.6 is 0 Å². The SMILES string of the molecule is CCOc1ccc(C(=O)CCC(=O)N[C@@](C)(CC)C(=O)OC)cc1. The normalized spacial score (nSPS) is 12.8. The molecule has 0 bridgehead atoms. The number of hydrogen-bond acceptors (Lipinski definition) is 5. The van der Waals surface area contributed by atoms with Crippen LogP contribution in [-0.4, -0.2) is 36.9 Å². The van der Waals surface area contributed by atoms with Crippen molar-refractivity contribution in [3.63, 3.8) is 0 Å². The lowest BCUT2D eigenvalue weighted by molar-refractivity contribution is -0.150. The molecule has 0 saturated carbocycles. The van der Waals surface area contributed by atoms with Gasteiger partial charge in [-0.2, -0.15) is 0 Å². The zero-order valence-electron chi connectivity index (χ0n) is 14.7. The number of benzene rings is 1. The van der Waals surface area contributed by atoms with Crippen LogP contribution in [0.5, 0.6) is 5.75 Å². The summed E-state index contributed by atoms with van der Waals surface area (Å²) >= 11 is 0. The summed E-state index contributed by atoms with van der Waals surface area (Å²) in [6, 6.07) is 6.80. The molecule has 0 fully saturated rings. The number of carbonyl (C=O) groups is 3. The Bertz CT molecular complexity index is 582. The number of ketones is 1. The lowest BCUT2D eigenvalue weighted by atomic mass is 9.98. The van der Waals surface area contributed by atoms with Crippen molar-refractivity contribution < 1.29 is 23.9 Å². The first kappa shape index (κ1) is 19.7. The van der Waals surface area contributed by atoms with Crippen molar-refractivity contribution in [2.24, 2.45) is 0 Å². The summed E-state index contributed by atoms with van der Waals surface area (Å²) in [4.78, 5) is 35.9. The third-order valence-electron chi connectivity index (χ3n) is 3.82. The molecule has 1 aromatic rings. The summed E-state index contributed by atoms with van der Waals surface area (Å²) in [5.41, 5.74) is -0.550. The number of hydrogen-bond donors (Lipinski definition) is 1. The number of amides is 1. The van der Waals surface area contributed by atoms with Crippen molar-refractivity contribution in [1.29, 1.82) is 0 Å². The molecule has 0 heterocycles. The standard InChI is InChI=1S/C18H25NO5/c1-5-18(3,17(22)23-4)19-16(21)12-11-15(20)13-7-9-14(10-8-13)24-6-2/h7-10H,5-6,11-12H2,1-4H3,(H,19,21)/t18-/m0/s1. The molecule has 0 saturated heterocycles. The zero-order chi connectivity index (χ0) is 18.2. The van der Waals surface area contributed by atoms with Crippen LogP contribution in [0.4, 0.5) is 0 Å². The summed E-state index contributed by atoms with van der Waals surface area (Å²) < 4.78 is 10.0. The van der Waals surface area contributed by atoms with E-state index in [1.54, 1.807) is 38.1 Å². The van der Waals surface area contributed by atoms with Gasteiger partial charge in [0.15, 0.2) is 5.78 Å². The van der Waals surface area contributed by atoms with Crippen molar-refractivity contribution in [2.45, 2.75) is 45.6 Å². The van der Waals surface area contributed by atoms with Gasteiger partial charge < -0.3 is 14.8 Å². The van der Waals surface area contributed by atoms with Crippen molar-refractivity contribution in [3.05, 3.63) is 29.8 Å². The lowest BCUT2D eigenvalue weighted by Crippen LogP contribution is -2.52. The first-order valence-electron chi connectivity index (χ1n) is 8.01. The van der Waals surface area contributed by atoms with E-state index in [0.717, 1.165) is 0 Å². The van der Waals surface area contributed by atoms with E-state index >= 15 is 0 Å². The number of rotatable bonds is 9. The summed E-state index contributed by atoms with van der Waals surface area (Å²) in [7, 11) is 1.28. The monoisotopic (exact) mass is 335 g/mol. The minimum atomic E-state index is -1.08. The van der Waals surface area contributed by atoms with Gasteiger partial charge in [0.2, 0.25) is 5.91 Å². The summed E-state index contributed by atoms with van der Waals surface area (Å²) in [6.07, 6.45) is 0.484. The van der Waals surface area contributed by atoms with Crippen LogP contribution in [0.3, 0.4) is 0 Å². The quantitative estimate of drug-likeness (QED) is 0.554. The van der Waals surface area contributed by atoms with Crippen LogP contribution in [0.2, 0.25) is 0 Å². The smallest absolute Gasteiger partial charge is 0.331 e. The number of methoxy groups -OCH3 is 1. The molecule has 0 unspecified atom stereocenters. The molecule has 0 aliphatic rings. The highest BCUT2D eigenvalue weighted by Gasteiger charge is 2.33. The summed E-state index contributed by atoms with van der Waals surface area (Å²) in [6.45, 7) is 5.83. The van der Waals surface area contributed by atoms with E-state index in [4.69, 9.17) is 9.47 Å². The van der Waals surface area contributed by atoms with Crippen molar-refractivity contribution in [1.82, 2.24) is 5.32 Å². The zero-order valence-corrected chi connectivity index (χ0v) is 14.7. The molecule has 1 aromatic carbocycles. The fraction of sp³-hybridized carbons (Fsp3) is 0.500. The molecule has 0 aromatic heterocycles. The van der Waals surface area contributed by atoms with Crippen LogP contribution < -0.4 is 10.1 Å². The Morgan fingerprint density at radius 2 is 1.71 bits per heavy atom. The maximum atomic E-state index is 12.1. The molecule has 1 atom stereocenters. The molecule has 132 valence electrons. The number of ether oxygens (including phenoxy) is 2. The van der Waals surface area contributed by atoms with Gasteiger partial charge >= 0.3 is 5.97 Å². The Labute approximate surface area is 142 Å². The minimum absolute atomic E-state index is 0.0125. The van der Waals surface area contributed by atoms with Gasteiger partial charge in [-0.15, -0.1) is 0 Å². The number of Topliss-reactive ketones (excluding diaryl/α,β-unsaturated/α-hetero) is 1. The molecule has 24 heavy (non-hydrogen) atoms. The highest BCUT2D eigenvalue weighted by Crippen LogP contribution is 2.15. The fourth-order valence-corrected chi connectivity index (χ4v) is 2.15. The number of carbonyl (C=O) groups excluding carboxylic acids is 3. The topological polar surface area (TPSA) is 81.7 Å². The third-order valence-corrected chi connectivity index (χ3v) is 3.82. The van der Waals surface area contributed by atoms with E-state index in [1.807, 2.05) is 6.92 Å². The van der Waals surface area contributed by atoms with Crippen molar-refractivity contribution in [2.75, 3.05) is 13.7 Å². The van der Waals surface area contributed by atoms with Gasteiger partial charge in [-0.25, -0.2) is 4.79 Å². The first-order valence-corrected chi connectivity index (χ1v) is 8.01. The predicted molar refractivity (Wildman–Crippen MR) is 90.0 cm³/mol. The van der Waals surface area contributed by atoms with Gasteiger partial charge in [-0.1, -0.05) is 6.92 Å². The fourth-order valence-electron chi connectivity index (χ4n) is 2.15. The molecular weight excluding hydrogens is 310 g/mol. The minimum Gasteiger partial charge on any atom is -0.494 e. The Hall–Kier alpha value is -2.37. The Morgan fingerprint density at radius 3 is 2.21 bits per heavy atom. The van der Waals surface area contributed by atoms with E-state index in [2.05, 4.69) is 5.32 Å². The first-order chi connectivity index (χ1) is 11.4. The second-order valence-electron chi connectivity index (χ2n) is 5.61. The van der Waals surface area contributed by atoms with Crippen LogP contribution in [0.25, 0.3) is 0 Å². The third kappa shape index (κ3) is 5.37. The number of esters is 1. The van der Waals surface area contributed by atoms with Gasteiger partial charge in [0, 0.05) is 18.4 Å². The van der Waals surface area contributed by atoms with Crippen molar-refractivity contribution in [3.8, 4) is 5.75 Å². The molecule has 1 N–H and O–H groups in total. The molecular formula is C18H25NO5. The van der Waals surface area contributed by atoms with Crippen molar-refractivity contribution >= 4 is 17.7 Å². The largest absolute Gasteiger partial charge is 0.494 e. The summed E-state index contributed by atoms with van der Waals surface area (Å²) in [5.74, 6) is -0.298. The van der Waals surface area contributed by atoms with E-state index in [0.29, 0.717) is 24.3 Å².